The third-order valence-corrected chi connectivity index (χ3v) is 3.24. The Morgan fingerprint density at radius 2 is 2.06 bits per heavy atom. The highest BCUT2D eigenvalue weighted by atomic mass is 16.6. The molecule has 0 bridgehead atoms. The number of rotatable bonds is 8. The van der Waals surface area contributed by atoms with Gasteiger partial charge in [-0.05, 0) is 19.3 Å². The van der Waals surface area contributed by atoms with E-state index in [1.165, 1.54) is 0 Å². The van der Waals surface area contributed by atoms with Crippen LogP contribution in [0.4, 0.5) is 0 Å². The van der Waals surface area contributed by atoms with Crippen LogP contribution in [0.2, 0.25) is 0 Å². The molecule has 4 nitrogen and oxygen atoms in total. The van der Waals surface area contributed by atoms with Gasteiger partial charge in [0, 0.05) is 13.2 Å². The van der Waals surface area contributed by atoms with Gasteiger partial charge < -0.3 is 15.2 Å². The highest BCUT2D eigenvalue weighted by Crippen LogP contribution is 2.40. The molecule has 0 aliphatic heterocycles. The molecule has 16 heavy (non-hydrogen) atoms. The van der Waals surface area contributed by atoms with Crippen molar-refractivity contribution in [3.8, 4) is 0 Å². The van der Waals surface area contributed by atoms with E-state index in [4.69, 9.17) is 15.2 Å². The van der Waals surface area contributed by atoms with Crippen LogP contribution in [0.5, 0.6) is 0 Å². The molecule has 1 rings (SSSR count). The normalized spacial score (nSPS) is 17.9. The lowest BCUT2D eigenvalue weighted by molar-refractivity contribution is -0.162. The molecular weight excluding hydrogens is 206 g/mol. The Morgan fingerprint density at radius 3 is 2.56 bits per heavy atom. The number of carbonyl (C=O) groups is 1. The summed E-state index contributed by atoms with van der Waals surface area (Å²) < 4.78 is 10.5. The van der Waals surface area contributed by atoms with Crippen LogP contribution in [0.25, 0.3) is 0 Å². The molecule has 94 valence electrons. The van der Waals surface area contributed by atoms with Crippen molar-refractivity contribution in [2.24, 2.45) is 11.1 Å². The van der Waals surface area contributed by atoms with Crippen LogP contribution in [0, 0.1) is 5.41 Å². The van der Waals surface area contributed by atoms with Gasteiger partial charge in [0.15, 0.2) is 0 Å². The molecule has 0 heterocycles. The van der Waals surface area contributed by atoms with Gasteiger partial charge in [-0.2, -0.15) is 0 Å². The number of esters is 1. The van der Waals surface area contributed by atoms with Crippen LogP contribution in [-0.2, 0) is 14.3 Å². The number of carbonyl (C=O) groups excluding carboxylic acids is 1. The smallest absolute Gasteiger partial charge is 0.313 e. The van der Waals surface area contributed by atoms with E-state index in [0.717, 1.165) is 38.7 Å². The second-order valence-corrected chi connectivity index (χ2v) is 4.44. The maximum atomic E-state index is 11.7. The zero-order valence-electron chi connectivity index (χ0n) is 10.2. The highest BCUT2D eigenvalue weighted by Gasteiger charge is 2.44. The number of nitrogens with two attached hydrogens (primary N) is 1. The van der Waals surface area contributed by atoms with Gasteiger partial charge in [0.1, 0.15) is 6.61 Å². The summed E-state index contributed by atoms with van der Waals surface area (Å²) in [7, 11) is 0. The van der Waals surface area contributed by atoms with Crippen LogP contribution < -0.4 is 5.73 Å². The third-order valence-electron chi connectivity index (χ3n) is 3.24. The summed E-state index contributed by atoms with van der Waals surface area (Å²) in [4.78, 5) is 11.7. The average Bonchev–Trinajstić information content (AvgIpc) is 2.22. The third kappa shape index (κ3) is 3.46. The Hall–Kier alpha value is -0.610. The van der Waals surface area contributed by atoms with Crippen molar-refractivity contribution in [2.75, 3.05) is 26.4 Å². The molecule has 0 saturated heterocycles. The predicted molar refractivity (Wildman–Crippen MR) is 62.0 cm³/mol. The largest absolute Gasteiger partial charge is 0.463 e. The van der Waals surface area contributed by atoms with Gasteiger partial charge in [0.25, 0.3) is 0 Å². The summed E-state index contributed by atoms with van der Waals surface area (Å²) >= 11 is 0. The predicted octanol–water partition coefficient (Wildman–Crippen LogP) is 1.48. The molecular formula is C12H23NO3. The van der Waals surface area contributed by atoms with Crippen molar-refractivity contribution in [3.05, 3.63) is 0 Å². The molecule has 2 N–H and O–H groups in total. The summed E-state index contributed by atoms with van der Waals surface area (Å²) in [5.74, 6) is -0.139. The zero-order chi connectivity index (χ0) is 11.9. The Morgan fingerprint density at radius 1 is 1.31 bits per heavy atom. The van der Waals surface area contributed by atoms with E-state index >= 15 is 0 Å². The van der Waals surface area contributed by atoms with Gasteiger partial charge in [-0.1, -0.05) is 19.8 Å². The summed E-state index contributed by atoms with van der Waals surface area (Å²) in [6, 6.07) is 0. The number of ether oxygens (including phenoxy) is 2. The van der Waals surface area contributed by atoms with Crippen molar-refractivity contribution in [3.63, 3.8) is 0 Å². The molecule has 0 spiro atoms. The molecule has 1 aliphatic carbocycles. The maximum absolute atomic E-state index is 11.7. The van der Waals surface area contributed by atoms with Gasteiger partial charge in [-0.25, -0.2) is 0 Å². The van der Waals surface area contributed by atoms with Crippen LogP contribution in [0.3, 0.4) is 0 Å². The lowest BCUT2D eigenvalue weighted by Crippen LogP contribution is -2.45. The molecule has 0 aromatic carbocycles. The van der Waals surface area contributed by atoms with Crippen molar-refractivity contribution >= 4 is 5.97 Å². The fraction of sp³-hybridized carbons (Fsp3) is 0.917. The van der Waals surface area contributed by atoms with E-state index in [2.05, 4.69) is 6.92 Å². The van der Waals surface area contributed by atoms with Gasteiger partial charge in [0.05, 0.1) is 12.0 Å². The molecule has 0 unspecified atom stereocenters. The Labute approximate surface area is 97.5 Å². The molecule has 1 fully saturated rings. The van der Waals surface area contributed by atoms with Crippen LogP contribution in [0.1, 0.15) is 39.0 Å². The first-order chi connectivity index (χ1) is 7.75. The van der Waals surface area contributed by atoms with Crippen molar-refractivity contribution < 1.29 is 14.3 Å². The first-order valence-corrected chi connectivity index (χ1v) is 6.20. The van der Waals surface area contributed by atoms with Crippen molar-refractivity contribution in [1.29, 1.82) is 0 Å². The summed E-state index contributed by atoms with van der Waals surface area (Å²) in [6.07, 6.45) is 5.01. The van der Waals surface area contributed by atoms with Crippen molar-refractivity contribution in [1.82, 2.24) is 0 Å². The fourth-order valence-electron chi connectivity index (χ4n) is 1.79. The number of hydrogen-bond acceptors (Lipinski definition) is 4. The molecule has 0 amide bonds. The average molecular weight is 229 g/mol. The molecule has 1 saturated carbocycles. The fourth-order valence-corrected chi connectivity index (χ4v) is 1.79. The summed E-state index contributed by atoms with van der Waals surface area (Å²) in [5, 5.41) is 0. The lowest BCUT2D eigenvalue weighted by atomic mass is 9.69. The molecule has 0 aromatic heterocycles. The molecule has 0 atom stereocenters. The Kier molecular flexibility index (Phi) is 5.77. The monoisotopic (exact) mass is 229 g/mol. The maximum Gasteiger partial charge on any atom is 0.313 e. The lowest BCUT2D eigenvalue weighted by Gasteiger charge is -2.37. The summed E-state index contributed by atoms with van der Waals surface area (Å²) in [5.41, 5.74) is 5.24. The molecule has 4 heteroatoms. The van der Waals surface area contributed by atoms with E-state index in [1.54, 1.807) is 0 Å². The van der Waals surface area contributed by atoms with E-state index < -0.39 is 0 Å². The second kappa shape index (κ2) is 6.86. The molecule has 0 aromatic rings. The topological polar surface area (TPSA) is 61.5 Å². The minimum absolute atomic E-state index is 0.139. The van der Waals surface area contributed by atoms with Crippen LogP contribution >= 0.6 is 0 Å². The van der Waals surface area contributed by atoms with Gasteiger partial charge in [-0.15, -0.1) is 0 Å². The molecule has 1 aliphatic rings. The Bertz CT molecular complexity index is 209. The SMILES string of the molecule is CCCCOCCOC(=O)C1(CN)CCC1. The first kappa shape index (κ1) is 13.5. The second-order valence-electron chi connectivity index (χ2n) is 4.44. The number of unbranched alkanes of at least 4 members (excludes halogenated alkanes) is 1. The standard InChI is InChI=1S/C12H23NO3/c1-2-3-7-15-8-9-16-11(14)12(10-13)5-4-6-12/h2-10,13H2,1H3. The van der Waals surface area contributed by atoms with Gasteiger partial charge >= 0.3 is 5.97 Å². The minimum atomic E-state index is -0.372. The van der Waals surface area contributed by atoms with E-state index in [9.17, 15) is 4.79 Å². The van der Waals surface area contributed by atoms with E-state index in [0.29, 0.717) is 19.8 Å². The Balaban J connectivity index is 2.06. The van der Waals surface area contributed by atoms with Gasteiger partial charge in [-0.3, -0.25) is 4.79 Å². The quantitative estimate of drug-likeness (QED) is 0.506. The molecule has 0 radical (unpaired) electrons. The van der Waals surface area contributed by atoms with Crippen LogP contribution in [-0.4, -0.2) is 32.3 Å². The van der Waals surface area contributed by atoms with Crippen LogP contribution in [0.15, 0.2) is 0 Å². The van der Waals surface area contributed by atoms with Gasteiger partial charge in [0.2, 0.25) is 0 Å². The minimum Gasteiger partial charge on any atom is -0.463 e. The summed E-state index contributed by atoms with van der Waals surface area (Å²) in [6.45, 7) is 4.11. The van der Waals surface area contributed by atoms with E-state index in [1.807, 2.05) is 0 Å². The first-order valence-electron chi connectivity index (χ1n) is 6.20. The number of hydrogen-bond donors (Lipinski definition) is 1. The highest BCUT2D eigenvalue weighted by molar-refractivity contribution is 5.78. The zero-order valence-corrected chi connectivity index (χ0v) is 10.2. The van der Waals surface area contributed by atoms with Crippen molar-refractivity contribution in [2.45, 2.75) is 39.0 Å². The van der Waals surface area contributed by atoms with E-state index in [-0.39, 0.29) is 11.4 Å².